The number of thioether (sulfide) groups is 1. The zero-order chi connectivity index (χ0) is 17.6. The minimum absolute atomic E-state index is 0.0768. The highest BCUT2D eigenvalue weighted by Gasteiger charge is 2.09. The van der Waals surface area contributed by atoms with Crippen molar-refractivity contribution in [3.63, 3.8) is 0 Å². The largest absolute Gasteiger partial charge is 0.467 e. The predicted molar refractivity (Wildman–Crippen MR) is 104 cm³/mol. The molecule has 0 fully saturated rings. The number of aryl methyl sites for hydroxylation is 1. The number of rotatable bonds is 7. The highest BCUT2D eigenvalue weighted by Crippen LogP contribution is 2.26. The zero-order valence-electron chi connectivity index (χ0n) is 13.3. The van der Waals surface area contributed by atoms with Crippen molar-refractivity contribution in [1.29, 1.82) is 0 Å². The Morgan fingerprint density at radius 2 is 2.24 bits per heavy atom. The van der Waals surface area contributed by atoms with Crippen LogP contribution in [0.2, 0.25) is 0 Å². The Bertz CT molecular complexity index is 852. The summed E-state index contributed by atoms with van der Waals surface area (Å²) < 4.78 is 7.00. The van der Waals surface area contributed by atoms with Gasteiger partial charge in [-0.3, -0.25) is 4.79 Å². The first kappa shape index (κ1) is 18.0. The van der Waals surface area contributed by atoms with Gasteiger partial charge in [0.25, 0.3) is 0 Å². The first-order valence-corrected chi connectivity index (χ1v) is 9.98. The summed E-state index contributed by atoms with van der Waals surface area (Å²) >= 11 is 6.21. The summed E-state index contributed by atoms with van der Waals surface area (Å²) in [5.74, 6) is 1.03. The van der Waals surface area contributed by atoms with E-state index in [1.54, 1.807) is 6.26 Å². The van der Waals surface area contributed by atoms with Crippen LogP contribution in [0, 0.1) is 6.92 Å². The number of nitrogens with one attached hydrogen (secondary N) is 2. The second-order valence-electron chi connectivity index (χ2n) is 5.11. The minimum Gasteiger partial charge on any atom is -0.467 e. The summed E-state index contributed by atoms with van der Waals surface area (Å²) in [6.45, 7) is 2.53. The first-order valence-electron chi connectivity index (χ1n) is 7.39. The average molecular weight is 439 g/mol. The molecule has 0 unspecified atom stereocenters. The number of hydrogen-bond acceptors (Lipinski definition) is 7. The number of benzene rings is 1. The van der Waals surface area contributed by atoms with E-state index < -0.39 is 0 Å². The number of aromatic nitrogens is 2. The molecule has 0 spiro atoms. The molecule has 2 aromatic heterocycles. The molecule has 0 aliphatic heterocycles. The van der Waals surface area contributed by atoms with Crippen molar-refractivity contribution in [3.05, 3.63) is 52.4 Å². The Morgan fingerprint density at radius 3 is 3.00 bits per heavy atom. The van der Waals surface area contributed by atoms with Gasteiger partial charge in [-0.15, -0.1) is 10.2 Å². The molecular formula is C16H15BrN4O2S2. The summed E-state index contributed by atoms with van der Waals surface area (Å²) in [4.78, 5) is 12.1. The van der Waals surface area contributed by atoms with E-state index in [4.69, 9.17) is 4.42 Å². The molecule has 25 heavy (non-hydrogen) atoms. The van der Waals surface area contributed by atoms with Gasteiger partial charge >= 0.3 is 0 Å². The van der Waals surface area contributed by atoms with Gasteiger partial charge in [0.1, 0.15) is 5.76 Å². The normalized spacial score (nSPS) is 10.6. The van der Waals surface area contributed by atoms with E-state index in [0.717, 1.165) is 25.8 Å². The van der Waals surface area contributed by atoms with Crippen LogP contribution in [0.5, 0.6) is 0 Å². The molecule has 0 aliphatic rings. The maximum Gasteiger partial charge on any atom is 0.234 e. The van der Waals surface area contributed by atoms with Crippen molar-refractivity contribution in [1.82, 2.24) is 10.2 Å². The van der Waals surface area contributed by atoms with Gasteiger partial charge in [-0.1, -0.05) is 39.0 Å². The number of furan rings is 1. The van der Waals surface area contributed by atoms with Crippen LogP contribution in [0.15, 0.2) is 49.8 Å². The van der Waals surface area contributed by atoms with Gasteiger partial charge in [-0.2, -0.15) is 0 Å². The lowest BCUT2D eigenvalue weighted by Crippen LogP contribution is -2.14. The van der Waals surface area contributed by atoms with Crippen molar-refractivity contribution in [2.75, 3.05) is 16.4 Å². The SMILES string of the molecule is Cc1cc(NC(=O)CSc2nnc(NCc3ccco3)s2)ccc1Br. The Hall–Kier alpha value is -1.84. The molecule has 6 nitrogen and oxygen atoms in total. The van der Waals surface area contributed by atoms with E-state index >= 15 is 0 Å². The van der Waals surface area contributed by atoms with Crippen molar-refractivity contribution >= 4 is 55.8 Å². The smallest absolute Gasteiger partial charge is 0.234 e. The molecule has 1 aromatic carbocycles. The molecule has 2 N–H and O–H groups in total. The minimum atomic E-state index is -0.0768. The topological polar surface area (TPSA) is 80.0 Å². The number of hydrogen-bond donors (Lipinski definition) is 2. The van der Waals surface area contributed by atoms with E-state index in [0.29, 0.717) is 11.7 Å². The fourth-order valence-corrected chi connectivity index (χ4v) is 3.76. The van der Waals surface area contributed by atoms with Crippen LogP contribution in [-0.4, -0.2) is 21.9 Å². The summed E-state index contributed by atoms with van der Waals surface area (Å²) in [5, 5.41) is 14.8. The number of carbonyl (C=O) groups excluding carboxylic acids is 1. The Balaban J connectivity index is 1.46. The van der Waals surface area contributed by atoms with Gasteiger partial charge in [0.15, 0.2) is 4.34 Å². The molecule has 0 saturated carbocycles. The number of nitrogens with zero attached hydrogens (tertiary/aromatic N) is 2. The van der Waals surface area contributed by atoms with Crippen molar-refractivity contribution in [2.45, 2.75) is 17.8 Å². The molecule has 130 valence electrons. The highest BCUT2D eigenvalue weighted by molar-refractivity contribution is 9.10. The molecule has 3 aromatic rings. The van der Waals surface area contributed by atoms with Gasteiger partial charge in [0.2, 0.25) is 11.0 Å². The second-order valence-corrected chi connectivity index (χ2v) is 8.16. The number of anilines is 2. The zero-order valence-corrected chi connectivity index (χ0v) is 16.5. The van der Waals surface area contributed by atoms with Crippen LogP contribution >= 0.6 is 39.0 Å². The molecule has 9 heteroatoms. The molecule has 0 bridgehead atoms. The molecule has 3 rings (SSSR count). The quantitative estimate of drug-likeness (QED) is 0.526. The summed E-state index contributed by atoms with van der Waals surface area (Å²) in [6.07, 6.45) is 1.63. The maximum absolute atomic E-state index is 12.1. The lowest BCUT2D eigenvalue weighted by Gasteiger charge is -2.06. The lowest BCUT2D eigenvalue weighted by molar-refractivity contribution is -0.113. The molecular weight excluding hydrogens is 424 g/mol. The predicted octanol–water partition coefficient (Wildman–Crippen LogP) is 4.54. The third kappa shape index (κ3) is 5.32. The Labute approximate surface area is 161 Å². The number of halogens is 1. The van der Waals surface area contributed by atoms with Gasteiger partial charge in [0, 0.05) is 10.2 Å². The van der Waals surface area contributed by atoms with Crippen LogP contribution in [0.3, 0.4) is 0 Å². The maximum atomic E-state index is 12.1. The van der Waals surface area contributed by atoms with Gasteiger partial charge in [-0.05, 0) is 42.8 Å². The van der Waals surface area contributed by atoms with Crippen LogP contribution in [0.25, 0.3) is 0 Å². The van der Waals surface area contributed by atoms with Crippen LogP contribution in [-0.2, 0) is 11.3 Å². The van der Waals surface area contributed by atoms with Crippen LogP contribution in [0.1, 0.15) is 11.3 Å². The number of carbonyl (C=O) groups is 1. The molecule has 0 saturated heterocycles. The van der Waals surface area contributed by atoms with Crippen LogP contribution < -0.4 is 10.6 Å². The van der Waals surface area contributed by atoms with Gasteiger partial charge < -0.3 is 15.1 Å². The van der Waals surface area contributed by atoms with Crippen molar-refractivity contribution < 1.29 is 9.21 Å². The van der Waals surface area contributed by atoms with Crippen molar-refractivity contribution in [2.24, 2.45) is 0 Å². The summed E-state index contributed by atoms with van der Waals surface area (Å²) in [7, 11) is 0. The van der Waals surface area contributed by atoms with E-state index in [-0.39, 0.29) is 11.7 Å². The molecule has 1 amide bonds. The third-order valence-electron chi connectivity index (χ3n) is 3.17. The highest BCUT2D eigenvalue weighted by atomic mass is 79.9. The van der Waals surface area contributed by atoms with E-state index in [1.165, 1.54) is 23.1 Å². The summed E-state index contributed by atoms with van der Waals surface area (Å²) in [5.41, 5.74) is 1.85. The average Bonchev–Trinajstić information content (AvgIpc) is 3.26. The fourth-order valence-electron chi connectivity index (χ4n) is 1.96. The fraction of sp³-hybridized carbons (Fsp3) is 0.188. The molecule has 0 radical (unpaired) electrons. The molecule has 2 heterocycles. The lowest BCUT2D eigenvalue weighted by atomic mass is 10.2. The Kier molecular flexibility index (Phi) is 6.11. The van der Waals surface area contributed by atoms with Crippen LogP contribution in [0.4, 0.5) is 10.8 Å². The Morgan fingerprint density at radius 1 is 1.36 bits per heavy atom. The molecule has 0 atom stereocenters. The second kappa shape index (κ2) is 8.50. The first-order chi connectivity index (χ1) is 12.1. The van der Waals surface area contributed by atoms with Crippen molar-refractivity contribution in [3.8, 4) is 0 Å². The molecule has 0 aliphatic carbocycles. The number of amides is 1. The monoisotopic (exact) mass is 438 g/mol. The van der Waals surface area contributed by atoms with Gasteiger partial charge in [0.05, 0.1) is 18.6 Å². The standard InChI is InChI=1S/C16H15BrN4O2S2/c1-10-7-11(4-5-13(10)17)19-14(22)9-24-16-21-20-15(25-16)18-8-12-3-2-6-23-12/h2-7H,8-9H2,1H3,(H,18,20)(H,19,22). The van der Waals surface area contributed by atoms with E-state index in [9.17, 15) is 4.79 Å². The van der Waals surface area contributed by atoms with Gasteiger partial charge in [-0.25, -0.2) is 0 Å². The van der Waals surface area contributed by atoms with E-state index in [2.05, 4.69) is 36.8 Å². The summed E-state index contributed by atoms with van der Waals surface area (Å²) in [6, 6.07) is 9.43. The third-order valence-corrected chi connectivity index (χ3v) is 6.07. The van der Waals surface area contributed by atoms with E-state index in [1.807, 2.05) is 37.3 Å².